The molecule has 2 heterocycles. The summed E-state index contributed by atoms with van der Waals surface area (Å²) in [4.78, 5) is 24.0. The third kappa shape index (κ3) is 3.26. The second-order valence-corrected chi connectivity index (χ2v) is 5.23. The van der Waals surface area contributed by atoms with E-state index in [4.69, 9.17) is 9.15 Å². The predicted molar refractivity (Wildman–Crippen MR) is 83.5 cm³/mol. The number of fused-ring (bicyclic) bond motifs is 1. The minimum absolute atomic E-state index is 0.100. The molecule has 3 rings (SSSR count). The van der Waals surface area contributed by atoms with Gasteiger partial charge < -0.3 is 14.5 Å². The van der Waals surface area contributed by atoms with Crippen LogP contribution in [0.15, 0.2) is 45.8 Å². The highest BCUT2D eigenvalue weighted by Crippen LogP contribution is 2.12. The number of amides is 1. The summed E-state index contributed by atoms with van der Waals surface area (Å²) >= 11 is 0. The molecule has 5 nitrogen and oxygen atoms in total. The van der Waals surface area contributed by atoms with Crippen molar-refractivity contribution in [2.75, 3.05) is 13.2 Å². The molecule has 114 valence electrons. The first-order valence-electron chi connectivity index (χ1n) is 7.32. The smallest absolute Gasteiger partial charge is 0.244 e. The largest absolute Gasteiger partial charge is 0.463 e. The van der Waals surface area contributed by atoms with Gasteiger partial charge in [-0.1, -0.05) is 12.1 Å². The fourth-order valence-corrected chi connectivity index (χ4v) is 2.45. The summed E-state index contributed by atoms with van der Waals surface area (Å²) in [6.45, 7) is 1.25. The summed E-state index contributed by atoms with van der Waals surface area (Å²) in [5.74, 6) is -0.247. The van der Waals surface area contributed by atoms with Crippen LogP contribution in [0.4, 0.5) is 0 Å². The molecule has 2 aromatic rings. The third-order valence-electron chi connectivity index (χ3n) is 3.65. The van der Waals surface area contributed by atoms with E-state index in [9.17, 15) is 9.59 Å². The minimum Gasteiger partial charge on any atom is -0.463 e. The second-order valence-electron chi connectivity index (χ2n) is 5.23. The van der Waals surface area contributed by atoms with Crippen LogP contribution in [-0.4, -0.2) is 25.2 Å². The highest BCUT2D eigenvalue weighted by molar-refractivity contribution is 5.92. The monoisotopic (exact) mass is 299 g/mol. The van der Waals surface area contributed by atoms with Crippen LogP contribution in [0.25, 0.3) is 17.0 Å². The molecule has 0 aliphatic carbocycles. The van der Waals surface area contributed by atoms with E-state index >= 15 is 0 Å². The Bertz CT molecular complexity index is 757. The van der Waals surface area contributed by atoms with Gasteiger partial charge in [-0.15, -0.1) is 0 Å². The molecule has 0 spiro atoms. The quantitative estimate of drug-likeness (QED) is 0.878. The van der Waals surface area contributed by atoms with E-state index in [1.165, 1.54) is 18.4 Å². The Morgan fingerprint density at radius 2 is 2.23 bits per heavy atom. The first kappa shape index (κ1) is 14.5. The van der Waals surface area contributed by atoms with Crippen molar-refractivity contribution in [3.63, 3.8) is 0 Å². The lowest BCUT2D eigenvalue weighted by Crippen LogP contribution is -2.30. The zero-order valence-corrected chi connectivity index (χ0v) is 12.1. The van der Waals surface area contributed by atoms with E-state index < -0.39 is 0 Å². The average Bonchev–Trinajstić information content (AvgIpc) is 3.06. The van der Waals surface area contributed by atoms with E-state index in [1.807, 2.05) is 0 Å². The molecule has 1 aliphatic rings. The standard InChI is InChI=1S/C17H17NO4/c19-16(18-10-13-4-3-9-21-13)8-7-12-11-22-15-6-2-1-5-14(15)17(12)20/h1-2,5-8,11,13H,3-4,9-10H2,(H,18,19)/b8-7+. The van der Waals surface area contributed by atoms with E-state index in [0.717, 1.165) is 19.4 Å². The maximum Gasteiger partial charge on any atom is 0.244 e. The first-order chi connectivity index (χ1) is 10.7. The van der Waals surface area contributed by atoms with Crippen molar-refractivity contribution >= 4 is 23.0 Å². The number of hydrogen-bond donors (Lipinski definition) is 1. The van der Waals surface area contributed by atoms with Gasteiger partial charge in [-0.25, -0.2) is 0 Å². The van der Waals surface area contributed by atoms with Crippen molar-refractivity contribution in [2.45, 2.75) is 18.9 Å². The SMILES string of the molecule is O=C(/C=C/c1coc2ccccc2c1=O)NCC1CCCO1. The Kier molecular flexibility index (Phi) is 4.34. The van der Waals surface area contributed by atoms with Gasteiger partial charge in [0.05, 0.1) is 17.1 Å². The van der Waals surface area contributed by atoms with Crippen LogP contribution < -0.4 is 10.7 Å². The van der Waals surface area contributed by atoms with Gasteiger partial charge in [0.1, 0.15) is 11.8 Å². The summed E-state index contributed by atoms with van der Waals surface area (Å²) in [7, 11) is 0. The van der Waals surface area contributed by atoms with Crippen LogP contribution in [0.5, 0.6) is 0 Å². The van der Waals surface area contributed by atoms with Gasteiger partial charge in [0, 0.05) is 19.2 Å². The molecule has 0 bridgehead atoms. The first-order valence-corrected chi connectivity index (χ1v) is 7.32. The van der Waals surface area contributed by atoms with Gasteiger partial charge in [-0.2, -0.15) is 0 Å². The summed E-state index contributed by atoms with van der Waals surface area (Å²) in [5, 5.41) is 3.27. The van der Waals surface area contributed by atoms with Crippen LogP contribution >= 0.6 is 0 Å². The number of carbonyl (C=O) groups is 1. The maximum absolute atomic E-state index is 12.2. The summed E-state index contributed by atoms with van der Waals surface area (Å²) in [6.07, 6.45) is 6.29. The summed E-state index contributed by atoms with van der Waals surface area (Å²) < 4.78 is 10.8. The van der Waals surface area contributed by atoms with Gasteiger partial charge in [0.25, 0.3) is 0 Å². The topological polar surface area (TPSA) is 68.5 Å². The lowest BCUT2D eigenvalue weighted by atomic mass is 10.1. The fraction of sp³-hybridized carbons (Fsp3) is 0.294. The lowest BCUT2D eigenvalue weighted by molar-refractivity contribution is -0.116. The molecule has 1 saturated heterocycles. The molecule has 0 saturated carbocycles. The van der Waals surface area contributed by atoms with Crippen molar-refractivity contribution in [2.24, 2.45) is 0 Å². The highest BCUT2D eigenvalue weighted by atomic mass is 16.5. The number of hydrogen-bond acceptors (Lipinski definition) is 4. The maximum atomic E-state index is 12.2. The van der Waals surface area contributed by atoms with Crippen LogP contribution in [0.1, 0.15) is 18.4 Å². The Labute approximate surface area is 127 Å². The molecule has 1 aromatic heterocycles. The number of rotatable bonds is 4. The van der Waals surface area contributed by atoms with Gasteiger partial charge in [-0.3, -0.25) is 9.59 Å². The minimum atomic E-state index is -0.247. The van der Waals surface area contributed by atoms with Crippen molar-refractivity contribution < 1.29 is 13.9 Å². The molecular formula is C17H17NO4. The van der Waals surface area contributed by atoms with E-state index in [2.05, 4.69) is 5.32 Å². The van der Waals surface area contributed by atoms with Gasteiger partial charge >= 0.3 is 0 Å². The molecular weight excluding hydrogens is 282 g/mol. The average molecular weight is 299 g/mol. The number of para-hydroxylation sites is 1. The van der Waals surface area contributed by atoms with E-state index in [1.54, 1.807) is 24.3 Å². The Balaban J connectivity index is 1.68. The predicted octanol–water partition coefficient (Wildman–Crippen LogP) is 2.10. The molecule has 1 aromatic carbocycles. The molecule has 1 N–H and O–H groups in total. The molecule has 1 unspecified atom stereocenters. The van der Waals surface area contributed by atoms with Gasteiger partial charge in [0.2, 0.25) is 5.91 Å². The number of benzene rings is 1. The van der Waals surface area contributed by atoms with E-state index in [-0.39, 0.29) is 17.4 Å². The zero-order valence-electron chi connectivity index (χ0n) is 12.1. The summed E-state index contributed by atoms with van der Waals surface area (Å²) in [6, 6.07) is 7.02. The number of carbonyl (C=O) groups excluding carboxylic acids is 1. The molecule has 1 atom stereocenters. The summed E-state index contributed by atoms with van der Waals surface area (Å²) in [5.41, 5.74) is 0.739. The van der Waals surface area contributed by atoms with Gasteiger partial charge in [-0.05, 0) is 31.1 Å². The zero-order chi connectivity index (χ0) is 15.4. The lowest BCUT2D eigenvalue weighted by Gasteiger charge is -2.08. The second kappa shape index (κ2) is 6.58. The molecule has 1 fully saturated rings. The molecule has 1 aliphatic heterocycles. The van der Waals surface area contributed by atoms with Crippen molar-refractivity contribution in [3.05, 3.63) is 52.4 Å². The number of ether oxygens (including phenoxy) is 1. The van der Waals surface area contributed by atoms with Crippen molar-refractivity contribution in [3.8, 4) is 0 Å². The van der Waals surface area contributed by atoms with Crippen LogP contribution in [-0.2, 0) is 9.53 Å². The Morgan fingerprint density at radius 3 is 3.05 bits per heavy atom. The highest BCUT2D eigenvalue weighted by Gasteiger charge is 2.15. The molecule has 0 radical (unpaired) electrons. The molecule has 22 heavy (non-hydrogen) atoms. The normalized spacial score (nSPS) is 18.1. The van der Waals surface area contributed by atoms with Crippen LogP contribution in [0, 0.1) is 0 Å². The van der Waals surface area contributed by atoms with Crippen LogP contribution in [0.3, 0.4) is 0 Å². The molecule has 1 amide bonds. The third-order valence-corrected chi connectivity index (χ3v) is 3.65. The Morgan fingerprint density at radius 1 is 1.36 bits per heavy atom. The van der Waals surface area contributed by atoms with Crippen LogP contribution in [0.2, 0.25) is 0 Å². The van der Waals surface area contributed by atoms with Crippen molar-refractivity contribution in [1.29, 1.82) is 0 Å². The van der Waals surface area contributed by atoms with Crippen molar-refractivity contribution in [1.82, 2.24) is 5.32 Å². The Hall–Kier alpha value is -2.40. The van der Waals surface area contributed by atoms with E-state index in [0.29, 0.717) is 23.1 Å². The number of nitrogens with one attached hydrogen (secondary N) is 1. The van der Waals surface area contributed by atoms with Gasteiger partial charge in [0.15, 0.2) is 5.43 Å². The fourth-order valence-electron chi connectivity index (χ4n) is 2.45. The molecule has 5 heteroatoms.